The SMILES string of the molecule is CSCC[C@H](N)C(=O)N1CCN(c2ccccn2)CC1. The van der Waals surface area contributed by atoms with E-state index in [1.165, 1.54) is 0 Å². The van der Waals surface area contributed by atoms with E-state index < -0.39 is 0 Å². The van der Waals surface area contributed by atoms with E-state index in [-0.39, 0.29) is 11.9 Å². The molecule has 0 bridgehead atoms. The third-order valence-electron chi connectivity index (χ3n) is 3.51. The molecule has 5 nitrogen and oxygen atoms in total. The number of pyridine rings is 1. The second-order valence-electron chi connectivity index (χ2n) is 4.89. The van der Waals surface area contributed by atoms with Crippen LogP contribution in [0.4, 0.5) is 5.82 Å². The van der Waals surface area contributed by atoms with Crippen LogP contribution >= 0.6 is 11.8 Å². The number of aromatic nitrogens is 1. The van der Waals surface area contributed by atoms with Crippen LogP contribution in [0.5, 0.6) is 0 Å². The van der Waals surface area contributed by atoms with Crippen LogP contribution in [0.3, 0.4) is 0 Å². The number of hydrogen-bond donors (Lipinski definition) is 1. The maximum absolute atomic E-state index is 12.2. The predicted molar refractivity (Wildman–Crippen MR) is 84.0 cm³/mol. The van der Waals surface area contributed by atoms with Gasteiger partial charge in [0.05, 0.1) is 6.04 Å². The largest absolute Gasteiger partial charge is 0.353 e. The van der Waals surface area contributed by atoms with Crippen molar-refractivity contribution in [2.24, 2.45) is 5.73 Å². The van der Waals surface area contributed by atoms with Crippen molar-refractivity contribution < 1.29 is 4.79 Å². The first-order valence-electron chi connectivity index (χ1n) is 6.91. The van der Waals surface area contributed by atoms with Crippen molar-refractivity contribution in [3.05, 3.63) is 24.4 Å². The topological polar surface area (TPSA) is 62.5 Å². The number of rotatable bonds is 5. The molecule has 0 saturated carbocycles. The van der Waals surface area contributed by atoms with Crippen LogP contribution in [0.15, 0.2) is 24.4 Å². The zero-order chi connectivity index (χ0) is 14.4. The molecule has 1 amide bonds. The fraction of sp³-hybridized carbons (Fsp3) is 0.571. The Morgan fingerprint density at radius 2 is 2.15 bits per heavy atom. The molecule has 0 radical (unpaired) electrons. The molecule has 1 aromatic heterocycles. The summed E-state index contributed by atoms with van der Waals surface area (Å²) < 4.78 is 0. The Kier molecular flexibility index (Phi) is 5.67. The molecule has 2 N–H and O–H groups in total. The lowest BCUT2D eigenvalue weighted by atomic mass is 10.2. The van der Waals surface area contributed by atoms with Gasteiger partial charge in [-0.1, -0.05) is 6.07 Å². The molecule has 6 heteroatoms. The van der Waals surface area contributed by atoms with Crippen LogP contribution < -0.4 is 10.6 Å². The second-order valence-corrected chi connectivity index (χ2v) is 5.87. The number of hydrogen-bond acceptors (Lipinski definition) is 5. The molecule has 1 fully saturated rings. The van der Waals surface area contributed by atoms with Crippen LogP contribution in [-0.2, 0) is 4.79 Å². The molecule has 0 unspecified atom stereocenters. The van der Waals surface area contributed by atoms with Gasteiger partial charge in [-0.15, -0.1) is 0 Å². The third kappa shape index (κ3) is 3.86. The highest BCUT2D eigenvalue weighted by Gasteiger charge is 2.25. The number of carbonyl (C=O) groups is 1. The first-order valence-corrected chi connectivity index (χ1v) is 8.31. The molecular weight excluding hydrogens is 272 g/mol. The summed E-state index contributed by atoms with van der Waals surface area (Å²) in [5.74, 6) is 1.99. The average molecular weight is 294 g/mol. The van der Waals surface area contributed by atoms with Crippen molar-refractivity contribution in [3.8, 4) is 0 Å². The summed E-state index contributed by atoms with van der Waals surface area (Å²) in [6.45, 7) is 3.08. The van der Waals surface area contributed by atoms with E-state index in [0.717, 1.165) is 44.2 Å². The van der Waals surface area contributed by atoms with Crippen molar-refractivity contribution in [1.29, 1.82) is 0 Å². The van der Waals surface area contributed by atoms with Crippen LogP contribution in [0.1, 0.15) is 6.42 Å². The molecule has 1 saturated heterocycles. The predicted octanol–water partition coefficient (Wildman–Crippen LogP) is 0.811. The lowest BCUT2D eigenvalue weighted by Gasteiger charge is -2.36. The smallest absolute Gasteiger partial charge is 0.239 e. The summed E-state index contributed by atoms with van der Waals surface area (Å²) in [5, 5.41) is 0. The Bertz CT molecular complexity index is 420. The summed E-state index contributed by atoms with van der Waals surface area (Å²) in [4.78, 5) is 20.6. The highest BCUT2D eigenvalue weighted by atomic mass is 32.2. The van der Waals surface area contributed by atoms with Gasteiger partial charge in [0.15, 0.2) is 0 Å². The Morgan fingerprint density at radius 1 is 1.40 bits per heavy atom. The highest BCUT2D eigenvalue weighted by Crippen LogP contribution is 2.13. The number of nitrogens with zero attached hydrogens (tertiary/aromatic N) is 3. The van der Waals surface area contributed by atoms with Crippen LogP contribution in [0.25, 0.3) is 0 Å². The molecule has 0 aliphatic carbocycles. The second kappa shape index (κ2) is 7.50. The van der Waals surface area contributed by atoms with Crippen LogP contribution in [-0.4, -0.2) is 60.0 Å². The van der Waals surface area contributed by atoms with Gasteiger partial charge >= 0.3 is 0 Å². The molecule has 1 aliphatic heterocycles. The van der Waals surface area contributed by atoms with Crippen molar-refractivity contribution in [3.63, 3.8) is 0 Å². The van der Waals surface area contributed by atoms with E-state index in [9.17, 15) is 4.79 Å². The van der Waals surface area contributed by atoms with Crippen molar-refractivity contribution in [1.82, 2.24) is 9.88 Å². The molecule has 1 aliphatic rings. The van der Waals surface area contributed by atoms with Crippen molar-refractivity contribution >= 4 is 23.5 Å². The molecule has 2 rings (SSSR count). The van der Waals surface area contributed by atoms with Gasteiger partial charge in [-0.3, -0.25) is 4.79 Å². The van der Waals surface area contributed by atoms with E-state index in [1.807, 2.05) is 29.4 Å². The van der Waals surface area contributed by atoms with Gasteiger partial charge in [-0.25, -0.2) is 4.98 Å². The number of nitrogens with two attached hydrogens (primary N) is 1. The first kappa shape index (κ1) is 15.1. The van der Waals surface area contributed by atoms with E-state index in [1.54, 1.807) is 18.0 Å². The highest BCUT2D eigenvalue weighted by molar-refractivity contribution is 7.98. The average Bonchev–Trinajstić information content (AvgIpc) is 2.53. The molecule has 0 aromatic carbocycles. The minimum absolute atomic E-state index is 0.0831. The zero-order valence-corrected chi connectivity index (χ0v) is 12.7. The van der Waals surface area contributed by atoms with Gasteiger partial charge in [-0.2, -0.15) is 11.8 Å². The van der Waals surface area contributed by atoms with E-state index >= 15 is 0 Å². The Labute approximate surface area is 124 Å². The molecule has 20 heavy (non-hydrogen) atoms. The first-order chi connectivity index (χ1) is 9.72. The fourth-order valence-electron chi connectivity index (χ4n) is 2.30. The number of amides is 1. The Balaban J connectivity index is 1.83. The van der Waals surface area contributed by atoms with Crippen LogP contribution in [0.2, 0.25) is 0 Å². The summed E-state index contributed by atoms with van der Waals surface area (Å²) in [7, 11) is 0. The normalized spacial score (nSPS) is 17.1. The summed E-state index contributed by atoms with van der Waals surface area (Å²) in [6, 6.07) is 5.54. The van der Waals surface area contributed by atoms with Crippen molar-refractivity contribution in [2.75, 3.05) is 43.1 Å². The zero-order valence-electron chi connectivity index (χ0n) is 11.9. The quantitative estimate of drug-likeness (QED) is 0.871. The molecular formula is C14H22N4OS. The van der Waals surface area contributed by atoms with E-state index in [4.69, 9.17) is 5.73 Å². The maximum atomic E-state index is 12.2. The minimum atomic E-state index is -0.358. The van der Waals surface area contributed by atoms with Gasteiger partial charge in [0.2, 0.25) is 5.91 Å². The van der Waals surface area contributed by atoms with Gasteiger partial charge in [0, 0.05) is 32.4 Å². The molecule has 2 heterocycles. The number of carbonyl (C=O) groups excluding carboxylic acids is 1. The maximum Gasteiger partial charge on any atom is 0.239 e. The third-order valence-corrected chi connectivity index (χ3v) is 4.16. The van der Waals surface area contributed by atoms with Gasteiger partial charge in [0.1, 0.15) is 5.82 Å². The van der Waals surface area contributed by atoms with E-state index in [0.29, 0.717) is 0 Å². The molecule has 110 valence electrons. The standard InChI is InChI=1S/C14H22N4OS/c1-20-11-5-12(15)14(19)18-9-7-17(8-10-18)13-4-2-3-6-16-13/h2-4,6,12H,5,7-11,15H2,1H3/t12-/m0/s1. The summed E-state index contributed by atoms with van der Waals surface area (Å²) in [6.07, 6.45) is 4.58. The lowest BCUT2D eigenvalue weighted by Crippen LogP contribution is -2.53. The van der Waals surface area contributed by atoms with Gasteiger partial charge in [0.25, 0.3) is 0 Å². The number of anilines is 1. The van der Waals surface area contributed by atoms with E-state index in [2.05, 4.69) is 9.88 Å². The molecule has 0 spiro atoms. The summed E-state index contributed by atoms with van der Waals surface area (Å²) >= 11 is 1.72. The number of thioether (sulfide) groups is 1. The fourth-order valence-corrected chi connectivity index (χ4v) is 2.79. The van der Waals surface area contributed by atoms with Crippen LogP contribution in [0, 0.1) is 0 Å². The van der Waals surface area contributed by atoms with Gasteiger partial charge < -0.3 is 15.5 Å². The molecule has 1 aromatic rings. The Morgan fingerprint density at radius 3 is 2.75 bits per heavy atom. The summed E-state index contributed by atoms with van der Waals surface area (Å²) in [5.41, 5.74) is 5.95. The van der Waals surface area contributed by atoms with Gasteiger partial charge in [-0.05, 0) is 30.6 Å². The minimum Gasteiger partial charge on any atom is -0.353 e. The monoisotopic (exact) mass is 294 g/mol. The lowest BCUT2D eigenvalue weighted by molar-refractivity contribution is -0.132. The molecule has 1 atom stereocenters. The number of piperazine rings is 1. The van der Waals surface area contributed by atoms with Crippen molar-refractivity contribution in [2.45, 2.75) is 12.5 Å². The Hall–Kier alpha value is -1.27.